The second kappa shape index (κ2) is 5.72. The number of carbonyl (C=O) groups excluding carboxylic acids is 1. The zero-order chi connectivity index (χ0) is 14.0. The van der Waals surface area contributed by atoms with Gasteiger partial charge in [0.25, 0.3) is 5.91 Å². The van der Waals surface area contributed by atoms with Gasteiger partial charge in [0.2, 0.25) is 0 Å². The van der Waals surface area contributed by atoms with Crippen LogP contribution in [0.1, 0.15) is 10.4 Å². The van der Waals surface area contributed by atoms with Crippen LogP contribution >= 0.6 is 27.5 Å². The van der Waals surface area contributed by atoms with Crippen LogP contribution in [-0.2, 0) is 0 Å². The van der Waals surface area contributed by atoms with Gasteiger partial charge < -0.3 is 4.90 Å². The highest BCUT2D eigenvalue weighted by Crippen LogP contribution is 2.24. The van der Waals surface area contributed by atoms with Crippen LogP contribution in [0.25, 0.3) is 0 Å². The Morgan fingerprint density at radius 1 is 1.26 bits per heavy atom. The van der Waals surface area contributed by atoms with Gasteiger partial charge in [-0.05, 0) is 52.3 Å². The number of anilines is 1. The molecular weight excluding hydrogens is 333 g/mol. The standard InChI is InChI=1S/C14H10BrClFNO/c1-18(11-4-2-3-10(17)8-11)14(19)12-6-5-9(16)7-13(12)15/h2-8H,1H3. The Bertz CT molecular complexity index is 633. The maximum Gasteiger partial charge on any atom is 0.259 e. The van der Waals surface area contributed by atoms with Crippen LogP contribution in [-0.4, -0.2) is 13.0 Å². The lowest BCUT2D eigenvalue weighted by molar-refractivity contribution is 0.0992. The van der Waals surface area contributed by atoms with Gasteiger partial charge in [-0.15, -0.1) is 0 Å². The molecule has 0 saturated carbocycles. The van der Waals surface area contributed by atoms with Gasteiger partial charge in [-0.25, -0.2) is 4.39 Å². The molecule has 5 heteroatoms. The van der Waals surface area contributed by atoms with Crippen LogP contribution in [0.2, 0.25) is 5.02 Å². The molecule has 0 aromatic heterocycles. The fourth-order valence-electron chi connectivity index (χ4n) is 1.65. The average Bonchev–Trinajstić information content (AvgIpc) is 2.37. The van der Waals surface area contributed by atoms with Crippen LogP contribution in [0.3, 0.4) is 0 Å². The third kappa shape index (κ3) is 3.14. The smallest absolute Gasteiger partial charge is 0.259 e. The first-order valence-electron chi connectivity index (χ1n) is 5.47. The van der Waals surface area contributed by atoms with Crippen LogP contribution < -0.4 is 4.90 Å². The topological polar surface area (TPSA) is 20.3 Å². The molecule has 0 N–H and O–H groups in total. The van der Waals surface area contributed by atoms with Crippen LogP contribution in [0, 0.1) is 5.82 Å². The quantitative estimate of drug-likeness (QED) is 0.786. The van der Waals surface area contributed by atoms with Crippen molar-refractivity contribution in [1.82, 2.24) is 0 Å². The maximum atomic E-state index is 13.2. The van der Waals surface area contributed by atoms with E-state index in [0.29, 0.717) is 20.7 Å². The number of halogens is 3. The Morgan fingerprint density at radius 3 is 2.63 bits per heavy atom. The van der Waals surface area contributed by atoms with Crippen molar-refractivity contribution in [3.05, 3.63) is 63.3 Å². The third-order valence-corrected chi connectivity index (χ3v) is 3.55. The summed E-state index contributed by atoms with van der Waals surface area (Å²) in [6.45, 7) is 0. The summed E-state index contributed by atoms with van der Waals surface area (Å²) in [5, 5.41) is 0.539. The molecule has 0 unspecified atom stereocenters. The second-order valence-electron chi connectivity index (χ2n) is 3.97. The molecule has 0 fully saturated rings. The van der Waals surface area contributed by atoms with E-state index in [-0.39, 0.29) is 11.7 Å². The number of nitrogens with zero attached hydrogens (tertiary/aromatic N) is 1. The molecule has 0 aliphatic heterocycles. The molecule has 2 rings (SSSR count). The number of rotatable bonds is 2. The summed E-state index contributed by atoms with van der Waals surface area (Å²) in [6, 6.07) is 10.8. The lowest BCUT2D eigenvalue weighted by atomic mass is 10.2. The summed E-state index contributed by atoms with van der Waals surface area (Å²) in [7, 11) is 1.60. The van der Waals surface area contributed by atoms with Crippen molar-refractivity contribution >= 4 is 39.1 Å². The van der Waals surface area contributed by atoms with Crippen molar-refractivity contribution in [2.75, 3.05) is 11.9 Å². The minimum atomic E-state index is -0.382. The first-order valence-corrected chi connectivity index (χ1v) is 6.65. The molecule has 0 bridgehead atoms. The molecule has 2 aromatic carbocycles. The average molecular weight is 343 g/mol. The van der Waals surface area contributed by atoms with E-state index in [1.807, 2.05) is 0 Å². The number of hydrogen-bond donors (Lipinski definition) is 0. The molecule has 0 aliphatic carbocycles. The van der Waals surface area contributed by atoms with Gasteiger partial charge >= 0.3 is 0 Å². The van der Waals surface area contributed by atoms with E-state index in [1.54, 1.807) is 37.4 Å². The number of amides is 1. The molecule has 19 heavy (non-hydrogen) atoms. The van der Waals surface area contributed by atoms with E-state index in [1.165, 1.54) is 17.0 Å². The predicted octanol–water partition coefficient (Wildman–Crippen LogP) is 4.52. The molecule has 0 spiro atoms. The molecule has 0 saturated heterocycles. The summed E-state index contributed by atoms with van der Waals surface area (Å²) in [5.41, 5.74) is 0.961. The van der Waals surface area contributed by atoms with Crippen molar-refractivity contribution in [2.24, 2.45) is 0 Å². The van der Waals surface area contributed by atoms with Crippen molar-refractivity contribution < 1.29 is 9.18 Å². The summed E-state index contributed by atoms with van der Waals surface area (Å²) in [4.78, 5) is 13.7. The van der Waals surface area contributed by atoms with E-state index < -0.39 is 0 Å². The Morgan fingerprint density at radius 2 is 2.00 bits per heavy atom. The van der Waals surface area contributed by atoms with Crippen molar-refractivity contribution in [2.45, 2.75) is 0 Å². The van der Waals surface area contributed by atoms with Crippen molar-refractivity contribution in [1.29, 1.82) is 0 Å². The lowest BCUT2D eigenvalue weighted by Gasteiger charge is -2.18. The predicted molar refractivity (Wildman–Crippen MR) is 78.3 cm³/mol. The molecule has 98 valence electrons. The molecule has 0 atom stereocenters. The van der Waals surface area contributed by atoms with Crippen LogP contribution in [0.4, 0.5) is 10.1 Å². The fraction of sp³-hybridized carbons (Fsp3) is 0.0714. The summed E-state index contributed by atoms with van der Waals surface area (Å²) >= 11 is 9.13. The molecule has 0 radical (unpaired) electrons. The molecule has 0 heterocycles. The van der Waals surface area contributed by atoms with Crippen molar-refractivity contribution in [3.8, 4) is 0 Å². The van der Waals surface area contributed by atoms with Gasteiger partial charge in [0.15, 0.2) is 0 Å². The zero-order valence-corrected chi connectivity index (χ0v) is 12.4. The SMILES string of the molecule is CN(C(=O)c1ccc(Cl)cc1Br)c1cccc(F)c1. The van der Waals surface area contributed by atoms with Crippen LogP contribution in [0.15, 0.2) is 46.9 Å². The minimum Gasteiger partial charge on any atom is -0.311 e. The molecule has 2 nitrogen and oxygen atoms in total. The first kappa shape index (κ1) is 14.0. The second-order valence-corrected chi connectivity index (χ2v) is 5.26. The monoisotopic (exact) mass is 341 g/mol. The lowest BCUT2D eigenvalue weighted by Crippen LogP contribution is -2.26. The van der Waals surface area contributed by atoms with Gasteiger partial charge in [0.05, 0.1) is 5.56 Å². The van der Waals surface area contributed by atoms with E-state index in [9.17, 15) is 9.18 Å². The molecular formula is C14H10BrClFNO. The van der Waals surface area contributed by atoms with Gasteiger partial charge in [-0.3, -0.25) is 4.79 Å². The fourth-order valence-corrected chi connectivity index (χ4v) is 2.50. The minimum absolute atomic E-state index is 0.242. The highest BCUT2D eigenvalue weighted by atomic mass is 79.9. The zero-order valence-electron chi connectivity index (χ0n) is 10.0. The molecule has 1 amide bonds. The highest BCUT2D eigenvalue weighted by molar-refractivity contribution is 9.10. The summed E-state index contributed by atoms with van der Waals surface area (Å²) < 4.78 is 13.8. The van der Waals surface area contributed by atoms with E-state index in [0.717, 1.165) is 0 Å². The Kier molecular flexibility index (Phi) is 4.22. The number of carbonyl (C=O) groups is 1. The van der Waals surface area contributed by atoms with Crippen LogP contribution in [0.5, 0.6) is 0 Å². The van der Waals surface area contributed by atoms with Gasteiger partial charge in [-0.2, -0.15) is 0 Å². The molecule has 0 aliphatic rings. The summed E-state index contributed by atoms with van der Waals surface area (Å²) in [5.74, 6) is -0.624. The Balaban J connectivity index is 2.33. The number of hydrogen-bond acceptors (Lipinski definition) is 1. The molecule has 2 aromatic rings. The van der Waals surface area contributed by atoms with Gasteiger partial charge in [0, 0.05) is 22.2 Å². The normalized spacial score (nSPS) is 10.3. The van der Waals surface area contributed by atoms with E-state index in [4.69, 9.17) is 11.6 Å². The highest BCUT2D eigenvalue weighted by Gasteiger charge is 2.16. The first-order chi connectivity index (χ1) is 8.99. The van der Waals surface area contributed by atoms with Gasteiger partial charge in [0.1, 0.15) is 5.82 Å². The van der Waals surface area contributed by atoms with Gasteiger partial charge in [-0.1, -0.05) is 17.7 Å². The Labute approximate surface area is 123 Å². The number of benzene rings is 2. The third-order valence-electron chi connectivity index (χ3n) is 2.66. The largest absolute Gasteiger partial charge is 0.311 e. The summed E-state index contributed by atoms with van der Waals surface area (Å²) in [6.07, 6.45) is 0. The maximum absolute atomic E-state index is 13.2. The Hall–Kier alpha value is -1.39. The van der Waals surface area contributed by atoms with E-state index in [2.05, 4.69) is 15.9 Å². The van der Waals surface area contributed by atoms with E-state index >= 15 is 0 Å². The van der Waals surface area contributed by atoms with Crippen molar-refractivity contribution in [3.63, 3.8) is 0 Å².